The number of hydrogen-bond donors (Lipinski definition) is 0. The van der Waals surface area contributed by atoms with Gasteiger partial charge in [0.05, 0.1) is 13.0 Å². The predicted octanol–water partition coefficient (Wildman–Crippen LogP) is 4.12. The van der Waals surface area contributed by atoms with Gasteiger partial charge in [-0.3, -0.25) is 4.79 Å². The van der Waals surface area contributed by atoms with Crippen LogP contribution in [0.4, 0.5) is 0 Å². The molecule has 109 valence electrons. The van der Waals surface area contributed by atoms with Crippen LogP contribution < -0.4 is 4.74 Å². The maximum Gasteiger partial charge on any atom is 0.159 e. The zero-order valence-corrected chi connectivity index (χ0v) is 12.5. The molecule has 1 aliphatic rings. The Balaban J connectivity index is 2.03. The van der Waals surface area contributed by atoms with Crippen molar-refractivity contribution in [3.8, 4) is 5.75 Å². The van der Waals surface area contributed by atoms with Crippen molar-refractivity contribution >= 4 is 5.78 Å². The van der Waals surface area contributed by atoms with Gasteiger partial charge in [0.2, 0.25) is 0 Å². The molecule has 2 aromatic rings. The van der Waals surface area contributed by atoms with Crippen LogP contribution >= 0.6 is 0 Å². The fraction of sp³-hybridized carbons (Fsp3) is 0.100. The number of methoxy groups -OCH3 is 1. The Kier molecular flexibility index (Phi) is 4.19. The number of rotatable bonds is 4. The van der Waals surface area contributed by atoms with E-state index in [0.29, 0.717) is 6.42 Å². The Morgan fingerprint density at radius 2 is 1.59 bits per heavy atom. The third-order valence-corrected chi connectivity index (χ3v) is 3.70. The first-order valence-corrected chi connectivity index (χ1v) is 7.26. The molecule has 2 aromatic carbocycles. The summed E-state index contributed by atoms with van der Waals surface area (Å²) in [5.41, 5.74) is 3.33. The van der Waals surface area contributed by atoms with Gasteiger partial charge in [0.25, 0.3) is 0 Å². The molecule has 0 heterocycles. The van der Waals surface area contributed by atoms with Gasteiger partial charge in [-0.2, -0.15) is 0 Å². The van der Waals surface area contributed by atoms with E-state index < -0.39 is 0 Å². The third-order valence-electron chi connectivity index (χ3n) is 3.70. The topological polar surface area (TPSA) is 26.3 Å². The number of hydrogen-bond acceptors (Lipinski definition) is 2. The first-order valence-electron chi connectivity index (χ1n) is 7.26. The summed E-state index contributed by atoms with van der Waals surface area (Å²) in [7, 11) is 1.66. The van der Waals surface area contributed by atoms with Gasteiger partial charge in [0.15, 0.2) is 5.78 Å². The zero-order chi connectivity index (χ0) is 15.4. The molecule has 3 rings (SSSR count). The van der Waals surface area contributed by atoms with Crippen molar-refractivity contribution in [1.82, 2.24) is 0 Å². The van der Waals surface area contributed by atoms with Crippen LogP contribution in [0.25, 0.3) is 0 Å². The highest BCUT2D eigenvalue weighted by Gasteiger charge is 2.20. The molecule has 2 heteroatoms. The maximum atomic E-state index is 11.4. The average Bonchev–Trinajstić information content (AvgIpc) is 2.58. The molecule has 0 unspecified atom stereocenters. The first kappa shape index (κ1) is 14.3. The Bertz CT molecular complexity index is 709. The molecule has 22 heavy (non-hydrogen) atoms. The fourth-order valence-corrected chi connectivity index (χ4v) is 2.58. The minimum Gasteiger partial charge on any atom is -0.497 e. The molecule has 0 aromatic heterocycles. The summed E-state index contributed by atoms with van der Waals surface area (Å²) in [6.07, 6.45) is 6.01. The van der Waals surface area contributed by atoms with Crippen molar-refractivity contribution in [3.63, 3.8) is 0 Å². The molecular weight excluding hydrogens is 272 g/mol. The highest BCUT2D eigenvalue weighted by atomic mass is 16.5. The van der Waals surface area contributed by atoms with E-state index in [2.05, 4.69) is 12.1 Å². The number of ketones is 1. The van der Waals surface area contributed by atoms with E-state index in [4.69, 9.17) is 4.74 Å². The summed E-state index contributed by atoms with van der Waals surface area (Å²) >= 11 is 0. The summed E-state index contributed by atoms with van der Waals surface area (Å²) in [5.74, 6) is 2.11. The molecule has 0 atom stereocenters. The lowest BCUT2D eigenvalue weighted by Gasteiger charge is -2.20. The largest absolute Gasteiger partial charge is 0.497 e. The molecular formula is C20H17O2. The van der Waals surface area contributed by atoms with E-state index in [9.17, 15) is 4.79 Å². The number of carbonyl (C=O) groups is 1. The van der Waals surface area contributed by atoms with E-state index in [1.54, 1.807) is 13.2 Å². The zero-order valence-electron chi connectivity index (χ0n) is 12.5. The summed E-state index contributed by atoms with van der Waals surface area (Å²) in [6, 6.07) is 18.2. The second-order valence-electron chi connectivity index (χ2n) is 5.13. The second kappa shape index (κ2) is 6.44. The summed E-state index contributed by atoms with van der Waals surface area (Å²) < 4.78 is 5.23. The monoisotopic (exact) mass is 289 g/mol. The second-order valence-corrected chi connectivity index (χ2v) is 5.13. The van der Waals surface area contributed by atoms with Gasteiger partial charge in [-0.05, 0) is 34.9 Å². The van der Waals surface area contributed by atoms with Crippen LogP contribution in [-0.2, 0) is 4.79 Å². The molecule has 0 amide bonds. The SMILES string of the molecule is COc1ccc([C](C2=CCC(=O)C=C2)c2ccccc2)cc1. The van der Waals surface area contributed by atoms with Crippen molar-refractivity contribution in [3.05, 3.63) is 95.4 Å². The van der Waals surface area contributed by atoms with E-state index in [-0.39, 0.29) is 5.78 Å². The lowest BCUT2D eigenvalue weighted by atomic mass is 9.82. The van der Waals surface area contributed by atoms with Gasteiger partial charge in [-0.1, -0.05) is 54.6 Å². The predicted molar refractivity (Wildman–Crippen MR) is 87.7 cm³/mol. The molecule has 0 bridgehead atoms. The molecule has 0 spiro atoms. The molecule has 0 saturated carbocycles. The average molecular weight is 289 g/mol. The third kappa shape index (κ3) is 3.01. The molecule has 0 saturated heterocycles. The van der Waals surface area contributed by atoms with E-state index in [0.717, 1.165) is 28.4 Å². The van der Waals surface area contributed by atoms with Gasteiger partial charge in [-0.25, -0.2) is 0 Å². The van der Waals surface area contributed by atoms with Crippen LogP contribution in [0.2, 0.25) is 0 Å². The lowest BCUT2D eigenvalue weighted by Crippen LogP contribution is -2.08. The van der Waals surface area contributed by atoms with Crippen LogP contribution in [0.5, 0.6) is 5.75 Å². The van der Waals surface area contributed by atoms with Crippen molar-refractivity contribution in [1.29, 1.82) is 0 Å². The summed E-state index contributed by atoms with van der Waals surface area (Å²) in [6.45, 7) is 0. The lowest BCUT2D eigenvalue weighted by molar-refractivity contribution is -0.113. The smallest absolute Gasteiger partial charge is 0.159 e. The van der Waals surface area contributed by atoms with Crippen LogP contribution in [0, 0.1) is 5.92 Å². The van der Waals surface area contributed by atoms with Gasteiger partial charge in [0, 0.05) is 6.42 Å². The van der Waals surface area contributed by atoms with Crippen LogP contribution in [0.15, 0.2) is 78.4 Å². The Hall–Kier alpha value is -2.61. The van der Waals surface area contributed by atoms with Crippen LogP contribution in [-0.4, -0.2) is 12.9 Å². The van der Waals surface area contributed by atoms with Crippen molar-refractivity contribution in [2.75, 3.05) is 7.11 Å². The van der Waals surface area contributed by atoms with Crippen LogP contribution in [0.3, 0.4) is 0 Å². The van der Waals surface area contributed by atoms with Gasteiger partial charge >= 0.3 is 0 Å². The normalized spacial score (nSPS) is 14.1. The molecule has 1 radical (unpaired) electrons. The summed E-state index contributed by atoms with van der Waals surface area (Å²) in [4.78, 5) is 11.4. The minimum absolute atomic E-state index is 0.144. The van der Waals surface area contributed by atoms with Crippen molar-refractivity contribution in [2.24, 2.45) is 0 Å². The van der Waals surface area contributed by atoms with Gasteiger partial charge < -0.3 is 4.74 Å². The quantitative estimate of drug-likeness (QED) is 0.846. The number of allylic oxidation sites excluding steroid dienone is 4. The molecule has 0 N–H and O–H groups in total. The Labute approximate surface area is 130 Å². The minimum atomic E-state index is 0.144. The highest BCUT2D eigenvalue weighted by Crippen LogP contribution is 2.33. The Morgan fingerprint density at radius 3 is 2.18 bits per heavy atom. The molecule has 0 fully saturated rings. The van der Waals surface area contributed by atoms with Crippen LogP contribution in [0.1, 0.15) is 17.5 Å². The van der Waals surface area contributed by atoms with E-state index >= 15 is 0 Å². The number of carbonyl (C=O) groups excluding carboxylic acids is 1. The van der Waals surface area contributed by atoms with Gasteiger partial charge in [0.1, 0.15) is 5.75 Å². The van der Waals surface area contributed by atoms with Crippen molar-refractivity contribution in [2.45, 2.75) is 6.42 Å². The first-order chi connectivity index (χ1) is 10.8. The molecule has 2 nitrogen and oxygen atoms in total. The van der Waals surface area contributed by atoms with Gasteiger partial charge in [-0.15, -0.1) is 0 Å². The standard InChI is InChI=1S/C20H17O2/c1-22-19-13-9-17(10-14-19)20(15-5-3-2-4-6-15)16-7-11-18(21)12-8-16/h2-11,13-14H,12H2,1H3. The number of ether oxygens (including phenoxy) is 1. The Morgan fingerprint density at radius 1 is 0.909 bits per heavy atom. The van der Waals surface area contributed by atoms with E-state index in [1.807, 2.05) is 54.6 Å². The maximum absolute atomic E-state index is 11.4. The molecule has 0 aliphatic heterocycles. The number of benzene rings is 2. The van der Waals surface area contributed by atoms with Crippen molar-refractivity contribution < 1.29 is 9.53 Å². The fourth-order valence-electron chi connectivity index (χ4n) is 2.58. The highest BCUT2D eigenvalue weighted by molar-refractivity contribution is 5.93. The summed E-state index contributed by atoms with van der Waals surface area (Å²) in [5, 5.41) is 0. The molecule has 1 aliphatic carbocycles. The van der Waals surface area contributed by atoms with E-state index in [1.165, 1.54) is 0 Å².